The molecule has 23 heavy (non-hydrogen) atoms. The Morgan fingerprint density at radius 2 is 2.00 bits per heavy atom. The van der Waals surface area contributed by atoms with Gasteiger partial charge in [0.2, 0.25) is 5.91 Å². The molecule has 0 unspecified atom stereocenters. The van der Waals surface area contributed by atoms with Gasteiger partial charge in [0.1, 0.15) is 0 Å². The van der Waals surface area contributed by atoms with Crippen molar-refractivity contribution < 1.29 is 18.3 Å². The Bertz CT molecular complexity index is 543. The van der Waals surface area contributed by atoms with Crippen molar-refractivity contribution in [2.75, 3.05) is 33.9 Å². The molecule has 1 fully saturated rings. The number of aryl methyl sites for hydroxylation is 1. The Morgan fingerprint density at radius 3 is 2.65 bits per heavy atom. The van der Waals surface area contributed by atoms with Crippen LogP contribution >= 0.6 is 0 Å². The average molecular weight is 326 g/mol. The van der Waals surface area contributed by atoms with Gasteiger partial charge in [-0.1, -0.05) is 12.1 Å². The van der Waals surface area contributed by atoms with Crippen molar-refractivity contribution in [2.45, 2.75) is 31.2 Å². The van der Waals surface area contributed by atoms with E-state index in [0.717, 1.165) is 18.9 Å². The minimum Gasteiger partial charge on any atom is -0.381 e. The first kappa shape index (κ1) is 17.8. The number of likely N-dealkylation sites (N-methyl/N-ethyl adjacent to an activating group) is 1. The number of nitrogens with one attached hydrogen (secondary N) is 1. The second-order valence-electron chi connectivity index (χ2n) is 6.22. The Labute approximate surface area is 135 Å². The van der Waals surface area contributed by atoms with E-state index < -0.39 is 11.6 Å². The van der Waals surface area contributed by atoms with Gasteiger partial charge in [0.05, 0.1) is 0 Å². The number of benzene rings is 1. The molecule has 1 aromatic rings. The maximum absolute atomic E-state index is 13.6. The molecule has 0 bridgehead atoms. The third-order valence-electron chi connectivity index (χ3n) is 4.64. The molecule has 0 saturated carbocycles. The van der Waals surface area contributed by atoms with Crippen molar-refractivity contribution in [2.24, 2.45) is 0 Å². The first-order valence-electron chi connectivity index (χ1n) is 7.89. The molecule has 4 nitrogen and oxygen atoms in total. The highest BCUT2D eigenvalue weighted by atomic mass is 19.2. The quantitative estimate of drug-likeness (QED) is 0.871. The van der Waals surface area contributed by atoms with Crippen LogP contribution in [0.25, 0.3) is 0 Å². The number of hydrogen-bond acceptors (Lipinski definition) is 3. The summed E-state index contributed by atoms with van der Waals surface area (Å²) in [6, 6.07) is 4.03. The van der Waals surface area contributed by atoms with Gasteiger partial charge in [-0.25, -0.2) is 8.78 Å². The molecule has 1 heterocycles. The van der Waals surface area contributed by atoms with E-state index in [-0.39, 0.29) is 29.9 Å². The van der Waals surface area contributed by atoms with E-state index in [1.165, 1.54) is 12.1 Å². The number of rotatable bonds is 6. The number of ether oxygens (including phenoxy) is 1. The third-order valence-corrected chi connectivity index (χ3v) is 4.64. The fourth-order valence-electron chi connectivity index (χ4n) is 2.87. The maximum atomic E-state index is 13.6. The average Bonchev–Trinajstić information content (AvgIpc) is 2.55. The van der Waals surface area contributed by atoms with Crippen LogP contribution in [0.1, 0.15) is 24.8 Å². The highest BCUT2D eigenvalue weighted by Crippen LogP contribution is 2.25. The summed E-state index contributed by atoms with van der Waals surface area (Å²) in [6.45, 7) is 1.90. The third kappa shape index (κ3) is 4.48. The molecule has 0 aliphatic carbocycles. The smallest absolute Gasteiger partial charge is 0.220 e. The molecule has 0 radical (unpaired) electrons. The Morgan fingerprint density at radius 1 is 1.30 bits per heavy atom. The lowest BCUT2D eigenvalue weighted by atomic mass is 9.88. The second-order valence-corrected chi connectivity index (χ2v) is 6.22. The van der Waals surface area contributed by atoms with Crippen LogP contribution in [0, 0.1) is 11.6 Å². The molecule has 1 aliphatic rings. The molecule has 1 N–H and O–H groups in total. The molecule has 6 heteroatoms. The fourth-order valence-corrected chi connectivity index (χ4v) is 2.87. The summed E-state index contributed by atoms with van der Waals surface area (Å²) in [5, 5.41) is 2.93. The van der Waals surface area contributed by atoms with Gasteiger partial charge in [-0.05, 0) is 45.0 Å². The molecule has 0 aromatic heterocycles. The highest BCUT2D eigenvalue weighted by molar-refractivity contribution is 5.76. The number of amides is 1. The normalized spacial score (nSPS) is 17.3. The Kier molecular flexibility index (Phi) is 6.07. The Balaban J connectivity index is 1.86. The minimum absolute atomic E-state index is 0.0992. The van der Waals surface area contributed by atoms with Gasteiger partial charge >= 0.3 is 0 Å². The lowest BCUT2D eigenvalue weighted by molar-refractivity contribution is -0.122. The molecule has 1 saturated heterocycles. The summed E-state index contributed by atoms with van der Waals surface area (Å²) in [4.78, 5) is 14.2. The summed E-state index contributed by atoms with van der Waals surface area (Å²) >= 11 is 0. The van der Waals surface area contributed by atoms with E-state index >= 15 is 0 Å². The van der Waals surface area contributed by atoms with Crippen molar-refractivity contribution in [3.63, 3.8) is 0 Å². The van der Waals surface area contributed by atoms with Gasteiger partial charge in [-0.3, -0.25) is 4.79 Å². The number of carbonyl (C=O) groups excluding carboxylic acids is 1. The van der Waals surface area contributed by atoms with E-state index in [0.29, 0.717) is 19.8 Å². The molecular formula is C17H24F2N2O2. The zero-order valence-corrected chi connectivity index (χ0v) is 13.7. The van der Waals surface area contributed by atoms with Gasteiger partial charge in [0.25, 0.3) is 0 Å². The Hall–Kier alpha value is -1.53. The van der Waals surface area contributed by atoms with E-state index in [9.17, 15) is 13.6 Å². The summed E-state index contributed by atoms with van der Waals surface area (Å²) in [5.74, 6) is -1.90. The van der Waals surface area contributed by atoms with Crippen LogP contribution in [0.3, 0.4) is 0 Å². The second kappa shape index (κ2) is 7.84. The molecule has 128 valence electrons. The van der Waals surface area contributed by atoms with Crippen molar-refractivity contribution in [3.8, 4) is 0 Å². The molecule has 1 amide bonds. The van der Waals surface area contributed by atoms with Gasteiger partial charge in [0.15, 0.2) is 11.6 Å². The van der Waals surface area contributed by atoms with Crippen molar-refractivity contribution in [3.05, 3.63) is 35.4 Å². The summed E-state index contributed by atoms with van der Waals surface area (Å²) in [6.07, 6.45) is 2.05. The molecule has 0 atom stereocenters. The van der Waals surface area contributed by atoms with Crippen LogP contribution in [0.15, 0.2) is 18.2 Å². The predicted octanol–water partition coefficient (Wildman–Crippen LogP) is 2.12. The standard InChI is InChI=1S/C17H24F2N2O2/c1-21(2)17(8-10-23-11-9-17)12-20-15(22)7-6-13-4-3-5-14(18)16(13)19/h3-5H,6-12H2,1-2H3,(H,20,22). The van der Waals surface area contributed by atoms with Crippen LogP contribution in [0.4, 0.5) is 8.78 Å². The topological polar surface area (TPSA) is 41.6 Å². The van der Waals surface area contributed by atoms with Gasteiger partial charge in [0, 0.05) is 31.7 Å². The molecule has 2 rings (SSSR count). The number of nitrogens with zero attached hydrogens (tertiary/aromatic N) is 1. The number of hydrogen-bond donors (Lipinski definition) is 1. The van der Waals surface area contributed by atoms with Crippen LogP contribution in [-0.2, 0) is 16.0 Å². The van der Waals surface area contributed by atoms with Crippen molar-refractivity contribution >= 4 is 5.91 Å². The monoisotopic (exact) mass is 326 g/mol. The van der Waals surface area contributed by atoms with E-state index in [1.807, 2.05) is 14.1 Å². The largest absolute Gasteiger partial charge is 0.381 e. The molecular weight excluding hydrogens is 302 g/mol. The van der Waals surface area contributed by atoms with Crippen molar-refractivity contribution in [1.29, 1.82) is 0 Å². The van der Waals surface area contributed by atoms with Crippen molar-refractivity contribution in [1.82, 2.24) is 10.2 Å². The van der Waals surface area contributed by atoms with E-state index in [4.69, 9.17) is 4.74 Å². The summed E-state index contributed by atoms with van der Waals surface area (Å²) < 4.78 is 32.1. The minimum atomic E-state index is -0.878. The first-order chi connectivity index (χ1) is 10.9. The molecule has 0 spiro atoms. The van der Waals surface area contributed by atoms with Gasteiger partial charge in [-0.15, -0.1) is 0 Å². The van der Waals surface area contributed by atoms with Crippen LogP contribution in [0.2, 0.25) is 0 Å². The maximum Gasteiger partial charge on any atom is 0.220 e. The fraction of sp³-hybridized carbons (Fsp3) is 0.588. The highest BCUT2D eigenvalue weighted by Gasteiger charge is 2.34. The SMILES string of the molecule is CN(C)C1(CNC(=O)CCc2cccc(F)c2F)CCOCC1. The lowest BCUT2D eigenvalue weighted by Crippen LogP contribution is -2.55. The van der Waals surface area contributed by atoms with Crippen LogP contribution in [0.5, 0.6) is 0 Å². The van der Waals surface area contributed by atoms with Gasteiger partial charge in [-0.2, -0.15) is 0 Å². The molecule has 1 aromatic carbocycles. The van der Waals surface area contributed by atoms with Gasteiger partial charge < -0.3 is 15.0 Å². The molecule has 1 aliphatic heterocycles. The predicted molar refractivity (Wildman–Crippen MR) is 84.2 cm³/mol. The lowest BCUT2D eigenvalue weighted by Gasteiger charge is -2.42. The van der Waals surface area contributed by atoms with Crippen LogP contribution in [-0.4, -0.2) is 50.2 Å². The number of carbonyl (C=O) groups is 1. The zero-order chi connectivity index (χ0) is 16.9. The summed E-state index contributed by atoms with van der Waals surface area (Å²) in [7, 11) is 4.00. The first-order valence-corrected chi connectivity index (χ1v) is 7.89. The summed E-state index contributed by atoms with van der Waals surface area (Å²) in [5.41, 5.74) is 0.131. The van der Waals surface area contributed by atoms with E-state index in [1.54, 1.807) is 0 Å². The van der Waals surface area contributed by atoms with Crippen LogP contribution < -0.4 is 5.32 Å². The van der Waals surface area contributed by atoms with E-state index in [2.05, 4.69) is 10.2 Å². The number of halogens is 2. The zero-order valence-electron chi connectivity index (χ0n) is 13.7.